The van der Waals surface area contributed by atoms with Gasteiger partial charge in [-0.1, -0.05) is 44.0 Å². The number of piperidine rings is 1. The van der Waals surface area contributed by atoms with Crippen molar-refractivity contribution in [2.24, 2.45) is 5.92 Å². The van der Waals surface area contributed by atoms with Crippen LogP contribution in [0.1, 0.15) is 50.2 Å². The van der Waals surface area contributed by atoms with Crippen molar-refractivity contribution in [1.82, 2.24) is 4.90 Å². The van der Waals surface area contributed by atoms with Gasteiger partial charge in [0.05, 0.1) is 0 Å². The number of hydrogen-bond donors (Lipinski definition) is 0. The zero-order valence-electron chi connectivity index (χ0n) is 12.1. The van der Waals surface area contributed by atoms with Crippen molar-refractivity contribution < 1.29 is 0 Å². The van der Waals surface area contributed by atoms with Gasteiger partial charge in [-0.25, -0.2) is 0 Å². The van der Waals surface area contributed by atoms with Gasteiger partial charge in [0, 0.05) is 11.5 Å². The van der Waals surface area contributed by atoms with Crippen molar-refractivity contribution in [2.75, 3.05) is 13.1 Å². The van der Waals surface area contributed by atoms with Crippen LogP contribution in [-0.2, 0) is 11.8 Å². The smallest absolute Gasteiger partial charge is 0.0172 e. The maximum absolute atomic E-state index is 2.77. The van der Waals surface area contributed by atoms with Crippen LogP contribution in [0.3, 0.4) is 0 Å². The van der Waals surface area contributed by atoms with E-state index in [0.717, 1.165) is 12.0 Å². The van der Waals surface area contributed by atoms with Crippen LogP contribution in [0, 0.1) is 5.92 Å². The first-order valence-corrected chi connectivity index (χ1v) is 8.17. The molecule has 4 rings (SSSR count). The van der Waals surface area contributed by atoms with Gasteiger partial charge in [-0.3, -0.25) is 4.90 Å². The van der Waals surface area contributed by atoms with E-state index in [1.54, 1.807) is 11.1 Å². The predicted molar refractivity (Wildman–Crippen MR) is 79.4 cm³/mol. The lowest BCUT2D eigenvalue weighted by Gasteiger charge is -2.59. The van der Waals surface area contributed by atoms with E-state index in [2.05, 4.69) is 36.1 Å². The van der Waals surface area contributed by atoms with Gasteiger partial charge in [-0.15, -0.1) is 0 Å². The molecule has 2 bridgehead atoms. The number of likely N-dealkylation sites (N-methyl/N-ethyl adjacent to an activating group) is 1. The topological polar surface area (TPSA) is 3.24 Å². The Morgan fingerprint density at radius 3 is 3.00 bits per heavy atom. The Balaban J connectivity index is 1.86. The Morgan fingerprint density at radius 1 is 1.21 bits per heavy atom. The standard InChI is InChI=1S/C18H25N/c1-2-19-12-11-18-10-6-5-9-16(18)17(19)13-14-7-3-4-8-15(14)18/h3-4,7-8,16-17H,2,5-6,9-13H2,1H3/t16-,17+,18-/m0/s1. The number of fused-ring (bicyclic) bond motifs is 1. The van der Waals surface area contributed by atoms with Crippen LogP contribution in [0.25, 0.3) is 0 Å². The fraction of sp³-hybridized carbons (Fsp3) is 0.667. The molecular weight excluding hydrogens is 230 g/mol. The molecule has 19 heavy (non-hydrogen) atoms. The molecule has 0 radical (unpaired) electrons. The fourth-order valence-corrected chi connectivity index (χ4v) is 5.44. The lowest BCUT2D eigenvalue weighted by atomic mass is 9.52. The number of hydrogen-bond acceptors (Lipinski definition) is 1. The van der Waals surface area contributed by atoms with E-state index in [0.29, 0.717) is 5.41 Å². The number of benzene rings is 1. The molecule has 1 aromatic carbocycles. The summed E-state index contributed by atoms with van der Waals surface area (Å²) in [6.07, 6.45) is 8.53. The molecule has 0 aromatic heterocycles. The molecule has 0 amide bonds. The normalized spacial score (nSPS) is 37.5. The molecule has 0 unspecified atom stereocenters. The van der Waals surface area contributed by atoms with Gasteiger partial charge in [-0.05, 0) is 55.8 Å². The van der Waals surface area contributed by atoms with Crippen LogP contribution in [0.5, 0.6) is 0 Å². The van der Waals surface area contributed by atoms with Gasteiger partial charge in [-0.2, -0.15) is 0 Å². The van der Waals surface area contributed by atoms with Gasteiger partial charge in [0.1, 0.15) is 0 Å². The third-order valence-corrected chi connectivity index (χ3v) is 6.27. The van der Waals surface area contributed by atoms with Crippen molar-refractivity contribution in [1.29, 1.82) is 0 Å². The first kappa shape index (κ1) is 12.0. The van der Waals surface area contributed by atoms with Crippen LogP contribution >= 0.6 is 0 Å². The van der Waals surface area contributed by atoms with Crippen molar-refractivity contribution in [3.63, 3.8) is 0 Å². The van der Waals surface area contributed by atoms with E-state index < -0.39 is 0 Å². The number of likely N-dealkylation sites (tertiary alicyclic amines) is 1. The quantitative estimate of drug-likeness (QED) is 0.738. The molecule has 3 aliphatic rings. The van der Waals surface area contributed by atoms with E-state index in [1.165, 1.54) is 51.6 Å². The summed E-state index contributed by atoms with van der Waals surface area (Å²) in [7, 11) is 0. The highest BCUT2D eigenvalue weighted by atomic mass is 15.2. The third-order valence-electron chi connectivity index (χ3n) is 6.27. The molecule has 3 atom stereocenters. The molecule has 102 valence electrons. The summed E-state index contributed by atoms with van der Waals surface area (Å²) < 4.78 is 0. The first-order valence-electron chi connectivity index (χ1n) is 8.17. The summed E-state index contributed by atoms with van der Waals surface area (Å²) in [6.45, 7) is 4.90. The molecule has 2 fully saturated rings. The highest BCUT2D eigenvalue weighted by Gasteiger charge is 2.53. The van der Waals surface area contributed by atoms with Crippen LogP contribution in [-0.4, -0.2) is 24.0 Å². The molecule has 1 aromatic rings. The molecule has 0 spiro atoms. The summed E-state index contributed by atoms with van der Waals surface area (Å²) >= 11 is 0. The van der Waals surface area contributed by atoms with Crippen molar-refractivity contribution in [2.45, 2.75) is 56.9 Å². The lowest BCUT2D eigenvalue weighted by Crippen LogP contribution is -2.60. The summed E-state index contributed by atoms with van der Waals surface area (Å²) in [5, 5.41) is 0. The molecule has 1 saturated carbocycles. The second-order valence-electron chi connectivity index (χ2n) is 6.82. The largest absolute Gasteiger partial charge is 0.300 e. The van der Waals surface area contributed by atoms with Gasteiger partial charge < -0.3 is 0 Å². The van der Waals surface area contributed by atoms with Crippen LogP contribution < -0.4 is 0 Å². The minimum absolute atomic E-state index is 0.545. The van der Waals surface area contributed by atoms with E-state index in [4.69, 9.17) is 0 Å². The highest BCUT2D eigenvalue weighted by molar-refractivity contribution is 5.41. The summed E-state index contributed by atoms with van der Waals surface area (Å²) in [6, 6.07) is 10.2. The van der Waals surface area contributed by atoms with Crippen molar-refractivity contribution in [3.8, 4) is 0 Å². The minimum atomic E-state index is 0.545. The van der Waals surface area contributed by atoms with Gasteiger partial charge in [0.15, 0.2) is 0 Å². The Kier molecular flexibility index (Phi) is 2.73. The monoisotopic (exact) mass is 255 g/mol. The first-order chi connectivity index (χ1) is 9.35. The second-order valence-corrected chi connectivity index (χ2v) is 6.82. The Morgan fingerprint density at radius 2 is 2.11 bits per heavy atom. The summed E-state index contributed by atoms with van der Waals surface area (Å²) in [4.78, 5) is 2.77. The summed E-state index contributed by atoms with van der Waals surface area (Å²) in [5.41, 5.74) is 3.93. The predicted octanol–water partition coefficient (Wildman–Crippen LogP) is 3.76. The lowest BCUT2D eigenvalue weighted by molar-refractivity contribution is -0.00836. The number of rotatable bonds is 1. The van der Waals surface area contributed by atoms with E-state index in [-0.39, 0.29) is 0 Å². The zero-order valence-corrected chi connectivity index (χ0v) is 12.1. The molecule has 0 N–H and O–H groups in total. The minimum Gasteiger partial charge on any atom is -0.300 e. The molecule has 2 aliphatic carbocycles. The van der Waals surface area contributed by atoms with E-state index >= 15 is 0 Å². The van der Waals surface area contributed by atoms with Crippen molar-refractivity contribution in [3.05, 3.63) is 35.4 Å². The Hall–Kier alpha value is -0.820. The van der Waals surface area contributed by atoms with E-state index in [1.807, 2.05) is 0 Å². The zero-order chi connectivity index (χ0) is 12.9. The van der Waals surface area contributed by atoms with Crippen LogP contribution in [0.15, 0.2) is 24.3 Å². The van der Waals surface area contributed by atoms with Gasteiger partial charge >= 0.3 is 0 Å². The molecular formula is C18H25N. The SMILES string of the molecule is CCN1CC[C@]23CCCC[C@H]2[C@H]1Cc1ccccc13. The van der Waals surface area contributed by atoms with Crippen LogP contribution in [0.2, 0.25) is 0 Å². The number of nitrogens with zero attached hydrogens (tertiary/aromatic N) is 1. The van der Waals surface area contributed by atoms with Gasteiger partial charge in [0.25, 0.3) is 0 Å². The fourth-order valence-electron chi connectivity index (χ4n) is 5.44. The average molecular weight is 255 g/mol. The maximum atomic E-state index is 2.77. The molecule has 1 heteroatoms. The maximum Gasteiger partial charge on any atom is 0.0172 e. The summed E-state index contributed by atoms with van der Waals surface area (Å²) in [5.74, 6) is 0.935. The second kappa shape index (κ2) is 4.34. The molecule has 1 aliphatic heterocycles. The van der Waals surface area contributed by atoms with Gasteiger partial charge in [0.2, 0.25) is 0 Å². The van der Waals surface area contributed by atoms with E-state index in [9.17, 15) is 0 Å². The Bertz CT molecular complexity index is 480. The third kappa shape index (κ3) is 1.57. The van der Waals surface area contributed by atoms with Crippen LogP contribution in [0.4, 0.5) is 0 Å². The molecule has 1 saturated heterocycles. The van der Waals surface area contributed by atoms with Crippen molar-refractivity contribution >= 4 is 0 Å². The molecule has 1 nitrogen and oxygen atoms in total. The highest BCUT2D eigenvalue weighted by Crippen LogP contribution is 2.55. The average Bonchev–Trinajstić information content (AvgIpc) is 2.47. The Labute approximate surface area is 117 Å². The molecule has 1 heterocycles.